The zero-order valence-electron chi connectivity index (χ0n) is 17.3. The summed E-state index contributed by atoms with van der Waals surface area (Å²) < 4.78 is 11.6. The second-order valence-corrected chi connectivity index (χ2v) is 7.86. The first kappa shape index (κ1) is 23.3. The highest BCUT2D eigenvalue weighted by Crippen LogP contribution is 2.33. The van der Waals surface area contributed by atoms with Gasteiger partial charge in [0, 0.05) is 31.2 Å². The number of benzene rings is 1. The molecule has 0 radical (unpaired) electrons. The molecule has 28 heavy (non-hydrogen) atoms. The van der Waals surface area contributed by atoms with Crippen molar-refractivity contribution in [3.05, 3.63) is 29.3 Å². The lowest BCUT2D eigenvalue weighted by atomic mass is 10.1. The van der Waals surface area contributed by atoms with Gasteiger partial charge < -0.3 is 20.1 Å². The number of rotatable bonds is 10. The van der Waals surface area contributed by atoms with E-state index in [4.69, 9.17) is 14.5 Å². The van der Waals surface area contributed by atoms with Crippen LogP contribution >= 0.6 is 24.0 Å². The van der Waals surface area contributed by atoms with Crippen molar-refractivity contribution in [3.8, 4) is 5.75 Å². The van der Waals surface area contributed by atoms with Crippen molar-refractivity contribution in [2.75, 3.05) is 32.9 Å². The number of aliphatic imine (C=N–C) groups is 1. The summed E-state index contributed by atoms with van der Waals surface area (Å²) in [4.78, 5) is 4.78. The number of nitrogens with one attached hydrogen (secondary N) is 2. The smallest absolute Gasteiger partial charge is 0.191 e. The highest BCUT2D eigenvalue weighted by molar-refractivity contribution is 14.0. The fourth-order valence-electron chi connectivity index (χ4n) is 3.36. The van der Waals surface area contributed by atoms with Crippen molar-refractivity contribution < 1.29 is 9.47 Å². The van der Waals surface area contributed by atoms with Crippen molar-refractivity contribution in [2.24, 2.45) is 16.8 Å². The molecular formula is C22H36IN3O2. The van der Waals surface area contributed by atoms with Gasteiger partial charge in [0.25, 0.3) is 0 Å². The molecule has 1 atom stereocenters. The molecule has 1 saturated heterocycles. The lowest BCUT2D eigenvalue weighted by Gasteiger charge is -2.15. The van der Waals surface area contributed by atoms with Gasteiger partial charge in [-0.05, 0) is 50.7 Å². The summed E-state index contributed by atoms with van der Waals surface area (Å²) in [6, 6.07) is 6.39. The van der Waals surface area contributed by atoms with E-state index < -0.39 is 0 Å². The fraction of sp³-hybridized carbons (Fsp3) is 0.682. The quantitative estimate of drug-likeness (QED) is 0.218. The fourth-order valence-corrected chi connectivity index (χ4v) is 3.36. The van der Waals surface area contributed by atoms with Gasteiger partial charge in [0.05, 0.1) is 19.8 Å². The Labute approximate surface area is 187 Å². The van der Waals surface area contributed by atoms with Crippen LogP contribution in [-0.2, 0) is 11.3 Å². The van der Waals surface area contributed by atoms with Gasteiger partial charge >= 0.3 is 0 Å². The molecule has 3 rings (SSSR count). The van der Waals surface area contributed by atoms with E-state index in [1.165, 1.54) is 31.2 Å². The van der Waals surface area contributed by atoms with E-state index in [-0.39, 0.29) is 24.0 Å². The van der Waals surface area contributed by atoms with Crippen LogP contribution in [0.25, 0.3) is 0 Å². The molecule has 1 aliphatic carbocycles. The third-order valence-corrected chi connectivity index (χ3v) is 5.25. The first-order valence-corrected chi connectivity index (χ1v) is 10.6. The molecule has 0 amide bonds. The van der Waals surface area contributed by atoms with Gasteiger partial charge in [0.15, 0.2) is 5.96 Å². The number of aryl methyl sites for hydroxylation is 1. The molecular weight excluding hydrogens is 465 g/mol. The lowest BCUT2D eigenvalue weighted by molar-refractivity contribution is 0.166. The Bertz CT molecular complexity index is 614. The molecule has 6 heteroatoms. The topological polar surface area (TPSA) is 54.9 Å². The predicted molar refractivity (Wildman–Crippen MR) is 126 cm³/mol. The number of halogens is 1. The maximum atomic E-state index is 6.14. The Kier molecular flexibility index (Phi) is 10.4. The van der Waals surface area contributed by atoms with Crippen molar-refractivity contribution in [1.29, 1.82) is 0 Å². The third kappa shape index (κ3) is 8.15. The second-order valence-electron chi connectivity index (χ2n) is 7.86. The van der Waals surface area contributed by atoms with E-state index in [1.54, 1.807) is 0 Å². The Morgan fingerprint density at radius 1 is 1.21 bits per heavy atom. The monoisotopic (exact) mass is 501 g/mol. The maximum absolute atomic E-state index is 6.14. The van der Waals surface area contributed by atoms with E-state index in [2.05, 4.69) is 42.7 Å². The molecule has 1 saturated carbocycles. The molecule has 2 fully saturated rings. The molecule has 5 nitrogen and oxygen atoms in total. The van der Waals surface area contributed by atoms with Crippen molar-refractivity contribution in [3.63, 3.8) is 0 Å². The molecule has 2 aliphatic rings. The summed E-state index contributed by atoms with van der Waals surface area (Å²) in [5.41, 5.74) is 2.35. The molecule has 158 valence electrons. The minimum Gasteiger partial charge on any atom is -0.493 e. The van der Waals surface area contributed by atoms with E-state index in [0.717, 1.165) is 62.5 Å². The van der Waals surface area contributed by atoms with Gasteiger partial charge in [-0.25, -0.2) is 4.99 Å². The van der Waals surface area contributed by atoms with Crippen LogP contribution in [0.1, 0.15) is 50.2 Å². The number of ether oxygens (including phenoxy) is 2. The molecule has 1 aromatic rings. The van der Waals surface area contributed by atoms with Crippen LogP contribution in [0.15, 0.2) is 23.2 Å². The van der Waals surface area contributed by atoms with Crippen LogP contribution in [0.4, 0.5) is 0 Å². The Morgan fingerprint density at radius 3 is 2.79 bits per heavy atom. The number of hydrogen-bond acceptors (Lipinski definition) is 3. The predicted octanol–water partition coefficient (Wildman–Crippen LogP) is 4.27. The highest BCUT2D eigenvalue weighted by atomic mass is 127. The van der Waals surface area contributed by atoms with Gasteiger partial charge in [0.1, 0.15) is 5.75 Å². The molecule has 2 N–H and O–H groups in total. The van der Waals surface area contributed by atoms with E-state index in [9.17, 15) is 0 Å². The van der Waals surface area contributed by atoms with Crippen LogP contribution in [0.2, 0.25) is 0 Å². The van der Waals surface area contributed by atoms with Crippen molar-refractivity contribution in [1.82, 2.24) is 10.6 Å². The van der Waals surface area contributed by atoms with Crippen LogP contribution in [0, 0.1) is 18.8 Å². The standard InChI is InChI=1S/C22H35N3O2.HI/c1-3-23-22(24-11-4-5-18-7-8-18)25-14-20-9-6-17(2)13-21(20)27-16-19-10-12-26-15-19;/h6,9,13,18-19H,3-5,7-8,10-12,14-16H2,1-2H3,(H2,23,24,25);1H. The average molecular weight is 501 g/mol. The van der Waals surface area contributed by atoms with Crippen molar-refractivity contribution >= 4 is 29.9 Å². The Balaban J connectivity index is 0.00000280. The van der Waals surface area contributed by atoms with Gasteiger partial charge in [-0.3, -0.25) is 0 Å². The molecule has 0 spiro atoms. The number of guanidine groups is 1. The summed E-state index contributed by atoms with van der Waals surface area (Å²) >= 11 is 0. The molecule has 0 bridgehead atoms. The number of nitrogens with zero attached hydrogens (tertiary/aromatic N) is 1. The van der Waals surface area contributed by atoms with Crippen LogP contribution in [0.3, 0.4) is 0 Å². The van der Waals surface area contributed by atoms with Crippen LogP contribution in [0.5, 0.6) is 5.75 Å². The first-order valence-electron chi connectivity index (χ1n) is 10.6. The zero-order valence-corrected chi connectivity index (χ0v) is 19.7. The normalized spacial score (nSPS) is 19.2. The first-order chi connectivity index (χ1) is 13.2. The lowest BCUT2D eigenvalue weighted by Crippen LogP contribution is -2.37. The summed E-state index contributed by atoms with van der Waals surface area (Å²) in [5.74, 6) is 3.34. The second kappa shape index (κ2) is 12.5. The Hall–Kier alpha value is -1.02. The molecule has 1 aromatic carbocycles. The zero-order chi connectivity index (χ0) is 18.9. The Morgan fingerprint density at radius 2 is 2.07 bits per heavy atom. The van der Waals surface area contributed by atoms with Gasteiger partial charge in [-0.1, -0.05) is 25.0 Å². The summed E-state index contributed by atoms with van der Waals surface area (Å²) in [5, 5.41) is 6.81. The van der Waals surface area contributed by atoms with E-state index in [0.29, 0.717) is 12.5 Å². The summed E-state index contributed by atoms with van der Waals surface area (Å²) in [7, 11) is 0. The van der Waals surface area contributed by atoms with E-state index >= 15 is 0 Å². The van der Waals surface area contributed by atoms with E-state index in [1.807, 2.05) is 0 Å². The molecule has 1 heterocycles. The highest BCUT2D eigenvalue weighted by Gasteiger charge is 2.20. The van der Waals surface area contributed by atoms with Gasteiger partial charge in [0.2, 0.25) is 0 Å². The molecule has 0 aromatic heterocycles. The summed E-state index contributed by atoms with van der Waals surface area (Å²) in [6.07, 6.45) is 6.51. The minimum atomic E-state index is 0. The van der Waals surface area contributed by atoms with Crippen molar-refractivity contribution in [2.45, 2.75) is 52.5 Å². The maximum Gasteiger partial charge on any atom is 0.191 e. The SMILES string of the molecule is CCNC(=NCc1ccc(C)cc1OCC1CCOC1)NCCCC1CC1.I. The van der Waals surface area contributed by atoms with Gasteiger partial charge in [-0.2, -0.15) is 0 Å². The molecule has 1 aliphatic heterocycles. The number of hydrogen-bond donors (Lipinski definition) is 2. The molecule has 1 unspecified atom stereocenters. The van der Waals surface area contributed by atoms with Gasteiger partial charge in [-0.15, -0.1) is 24.0 Å². The average Bonchev–Trinajstić information content (AvgIpc) is 3.34. The summed E-state index contributed by atoms with van der Waals surface area (Å²) in [6.45, 7) is 9.07. The minimum absolute atomic E-state index is 0. The third-order valence-electron chi connectivity index (χ3n) is 5.25. The van der Waals surface area contributed by atoms with Crippen LogP contribution in [-0.4, -0.2) is 38.9 Å². The largest absolute Gasteiger partial charge is 0.493 e. The van der Waals surface area contributed by atoms with Crippen LogP contribution < -0.4 is 15.4 Å².